The number of benzene rings is 3. The van der Waals surface area contributed by atoms with Crippen molar-refractivity contribution in [1.29, 1.82) is 0 Å². The van der Waals surface area contributed by atoms with E-state index in [4.69, 9.17) is 17.0 Å². The molecule has 0 amide bonds. The summed E-state index contributed by atoms with van der Waals surface area (Å²) < 4.78 is 5.24. The highest BCUT2D eigenvalue weighted by Crippen LogP contribution is 2.23. The highest BCUT2D eigenvalue weighted by Gasteiger charge is 2.13. The van der Waals surface area contributed by atoms with Crippen LogP contribution in [0.4, 0.5) is 11.4 Å². The lowest BCUT2D eigenvalue weighted by atomic mass is 10.2. The standard InChI is InChI=1S/C21H20N2O2S/c1-25-20-13-9-18(10-14-20)23(15-16-7-11-19(24)12-8-16)21(26)22-17-5-3-2-4-6-17/h2-14,24H,15H2,1H3,(H,22,26). The van der Waals surface area contributed by atoms with Crippen molar-refractivity contribution >= 4 is 28.7 Å². The van der Waals surface area contributed by atoms with Gasteiger partial charge in [0.2, 0.25) is 0 Å². The maximum atomic E-state index is 9.50. The number of rotatable bonds is 5. The molecule has 4 nitrogen and oxygen atoms in total. The number of phenolic OH excluding ortho intramolecular Hbond substituents is 1. The lowest BCUT2D eigenvalue weighted by molar-refractivity contribution is 0.415. The monoisotopic (exact) mass is 364 g/mol. The number of methoxy groups -OCH3 is 1. The Morgan fingerprint density at radius 1 is 0.962 bits per heavy atom. The normalized spacial score (nSPS) is 10.2. The van der Waals surface area contributed by atoms with Crippen LogP contribution in [-0.2, 0) is 6.54 Å². The highest BCUT2D eigenvalue weighted by molar-refractivity contribution is 7.80. The molecule has 0 aromatic heterocycles. The van der Waals surface area contributed by atoms with E-state index in [-0.39, 0.29) is 5.75 Å². The summed E-state index contributed by atoms with van der Waals surface area (Å²) in [6.07, 6.45) is 0. The summed E-state index contributed by atoms with van der Waals surface area (Å²) in [5, 5.41) is 13.4. The first-order valence-electron chi connectivity index (χ1n) is 8.21. The summed E-state index contributed by atoms with van der Waals surface area (Å²) in [4.78, 5) is 2.01. The van der Waals surface area contributed by atoms with Gasteiger partial charge in [-0.3, -0.25) is 0 Å². The molecule has 0 unspecified atom stereocenters. The second-order valence-electron chi connectivity index (χ2n) is 5.75. The number of aromatic hydroxyl groups is 1. The molecule has 5 heteroatoms. The molecule has 3 rings (SSSR count). The van der Waals surface area contributed by atoms with Crippen LogP contribution in [-0.4, -0.2) is 17.3 Å². The molecule has 26 heavy (non-hydrogen) atoms. The third-order valence-corrected chi connectivity index (χ3v) is 4.25. The van der Waals surface area contributed by atoms with Gasteiger partial charge in [-0.05, 0) is 66.3 Å². The van der Waals surface area contributed by atoms with Crippen LogP contribution in [0.1, 0.15) is 5.56 Å². The average molecular weight is 364 g/mol. The van der Waals surface area contributed by atoms with E-state index in [9.17, 15) is 5.11 Å². The van der Waals surface area contributed by atoms with Gasteiger partial charge in [-0.25, -0.2) is 0 Å². The van der Waals surface area contributed by atoms with Gasteiger partial charge in [0.1, 0.15) is 11.5 Å². The maximum absolute atomic E-state index is 9.50. The Morgan fingerprint density at radius 3 is 2.23 bits per heavy atom. The van der Waals surface area contributed by atoms with Gasteiger partial charge in [-0.2, -0.15) is 0 Å². The Hall–Kier alpha value is -3.05. The number of hydrogen-bond acceptors (Lipinski definition) is 3. The van der Waals surface area contributed by atoms with Crippen LogP contribution in [0.15, 0.2) is 78.9 Å². The van der Waals surface area contributed by atoms with Gasteiger partial charge in [0, 0.05) is 11.4 Å². The van der Waals surface area contributed by atoms with Crippen molar-refractivity contribution in [1.82, 2.24) is 0 Å². The minimum atomic E-state index is 0.245. The molecule has 0 spiro atoms. The molecule has 0 atom stereocenters. The summed E-state index contributed by atoms with van der Waals surface area (Å²) in [7, 11) is 1.64. The summed E-state index contributed by atoms with van der Waals surface area (Å²) in [5.41, 5.74) is 2.92. The topological polar surface area (TPSA) is 44.7 Å². The molecule has 0 saturated carbocycles. The number of hydrogen-bond donors (Lipinski definition) is 2. The second kappa shape index (κ2) is 8.36. The van der Waals surface area contributed by atoms with E-state index in [2.05, 4.69) is 5.32 Å². The van der Waals surface area contributed by atoms with Crippen LogP contribution in [0.3, 0.4) is 0 Å². The second-order valence-corrected chi connectivity index (χ2v) is 6.13. The third kappa shape index (κ3) is 4.52. The summed E-state index contributed by atoms with van der Waals surface area (Å²) in [6, 6.07) is 24.7. The zero-order chi connectivity index (χ0) is 18.4. The fraction of sp³-hybridized carbons (Fsp3) is 0.0952. The van der Waals surface area contributed by atoms with Crippen molar-refractivity contribution < 1.29 is 9.84 Å². The van der Waals surface area contributed by atoms with E-state index in [0.717, 1.165) is 22.7 Å². The number of para-hydroxylation sites is 1. The Kier molecular flexibility index (Phi) is 5.71. The molecule has 0 aliphatic rings. The summed E-state index contributed by atoms with van der Waals surface area (Å²) in [5.74, 6) is 1.04. The predicted molar refractivity (Wildman–Crippen MR) is 110 cm³/mol. The minimum Gasteiger partial charge on any atom is -0.508 e. The molecular weight excluding hydrogens is 344 g/mol. The number of nitrogens with one attached hydrogen (secondary N) is 1. The van der Waals surface area contributed by atoms with E-state index in [0.29, 0.717) is 11.7 Å². The summed E-state index contributed by atoms with van der Waals surface area (Å²) >= 11 is 5.66. The van der Waals surface area contributed by atoms with Crippen molar-refractivity contribution in [2.75, 3.05) is 17.3 Å². The zero-order valence-corrected chi connectivity index (χ0v) is 15.2. The van der Waals surface area contributed by atoms with Crippen LogP contribution >= 0.6 is 12.2 Å². The number of thiocarbonyl (C=S) groups is 1. The lowest BCUT2D eigenvalue weighted by Crippen LogP contribution is -2.34. The highest BCUT2D eigenvalue weighted by atomic mass is 32.1. The van der Waals surface area contributed by atoms with E-state index in [1.54, 1.807) is 19.2 Å². The first kappa shape index (κ1) is 17.8. The van der Waals surface area contributed by atoms with Gasteiger partial charge in [0.25, 0.3) is 0 Å². The van der Waals surface area contributed by atoms with Gasteiger partial charge in [0.05, 0.1) is 13.7 Å². The third-order valence-electron chi connectivity index (χ3n) is 3.93. The molecule has 0 radical (unpaired) electrons. The fourth-order valence-corrected chi connectivity index (χ4v) is 2.83. The van der Waals surface area contributed by atoms with Gasteiger partial charge in [-0.15, -0.1) is 0 Å². The Balaban J connectivity index is 1.86. The van der Waals surface area contributed by atoms with Crippen molar-refractivity contribution in [3.05, 3.63) is 84.4 Å². The van der Waals surface area contributed by atoms with Crippen LogP contribution in [0.5, 0.6) is 11.5 Å². The van der Waals surface area contributed by atoms with Crippen molar-refractivity contribution in [2.45, 2.75) is 6.54 Å². The first-order chi connectivity index (χ1) is 12.7. The van der Waals surface area contributed by atoms with Crippen LogP contribution in [0.25, 0.3) is 0 Å². The number of nitrogens with zero attached hydrogens (tertiary/aromatic N) is 1. The van der Waals surface area contributed by atoms with Crippen molar-refractivity contribution in [3.8, 4) is 11.5 Å². The van der Waals surface area contributed by atoms with Crippen molar-refractivity contribution in [3.63, 3.8) is 0 Å². The molecule has 3 aromatic carbocycles. The molecule has 0 bridgehead atoms. The molecule has 3 aromatic rings. The molecule has 0 saturated heterocycles. The van der Waals surface area contributed by atoms with E-state index < -0.39 is 0 Å². The quantitative estimate of drug-likeness (QED) is 0.637. The molecule has 0 aliphatic heterocycles. The Morgan fingerprint density at radius 2 is 1.62 bits per heavy atom. The maximum Gasteiger partial charge on any atom is 0.178 e. The fourth-order valence-electron chi connectivity index (χ4n) is 2.54. The van der Waals surface area contributed by atoms with Crippen LogP contribution in [0.2, 0.25) is 0 Å². The largest absolute Gasteiger partial charge is 0.508 e. The van der Waals surface area contributed by atoms with Crippen molar-refractivity contribution in [2.24, 2.45) is 0 Å². The number of phenols is 1. The van der Waals surface area contributed by atoms with Gasteiger partial charge in [-0.1, -0.05) is 30.3 Å². The summed E-state index contributed by atoms with van der Waals surface area (Å²) in [6.45, 7) is 0.575. The van der Waals surface area contributed by atoms with E-state index >= 15 is 0 Å². The molecular formula is C21H20N2O2S. The minimum absolute atomic E-state index is 0.245. The lowest BCUT2D eigenvalue weighted by Gasteiger charge is -2.26. The molecule has 0 aliphatic carbocycles. The average Bonchev–Trinajstić information content (AvgIpc) is 2.68. The van der Waals surface area contributed by atoms with E-state index in [1.807, 2.05) is 71.6 Å². The molecule has 132 valence electrons. The van der Waals surface area contributed by atoms with Crippen LogP contribution < -0.4 is 15.0 Å². The SMILES string of the molecule is COc1ccc(N(Cc2ccc(O)cc2)C(=S)Nc2ccccc2)cc1. The van der Waals surface area contributed by atoms with Gasteiger partial charge < -0.3 is 20.1 Å². The predicted octanol–water partition coefficient (Wildman–Crippen LogP) is 4.80. The zero-order valence-electron chi connectivity index (χ0n) is 14.4. The van der Waals surface area contributed by atoms with E-state index in [1.165, 1.54) is 0 Å². The van der Waals surface area contributed by atoms with Gasteiger partial charge in [0.15, 0.2) is 5.11 Å². The number of anilines is 2. The Labute approximate surface area is 158 Å². The van der Waals surface area contributed by atoms with Crippen LogP contribution in [0, 0.1) is 0 Å². The van der Waals surface area contributed by atoms with Gasteiger partial charge >= 0.3 is 0 Å². The number of ether oxygens (including phenoxy) is 1. The molecule has 0 fully saturated rings. The Bertz CT molecular complexity index is 849. The smallest absolute Gasteiger partial charge is 0.178 e. The first-order valence-corrected chi connectivity index (χ1v) is 8.62. The molecule has 0 heterocycles. The molecule has 2 N–H and O–H groups in total.